The second-order valence-electron chi connectivity index (χ2n) is 6.43. The number of nitrogens with zero attached hydrogens (tertiary/aromatic N) is 3. The molecule has 2 heterocycles. The summed E-state index contributed by atoms with van der Waals surface area (Å²) in [5.41, 5.74) is 2.56. The molecule has 1 aliphatic rings. The fourth-order valence-corrected chi connectivity index (χ4v) is 3.86. The molecule has 0 unspecified atom stereocenters. The van der Waals surface area contributed by atoms with Gasteiger partial charge >= 0.3 is 0 Å². The first kappa shape index (κ1) is 18.8. The lowest BCUT2D eigenvalue weighted by molar-refractivity contribution is -0.129. The summed E-state index contributed by atoms with van der Waals surface area (Å²) in [5.74, 6) is 1.73. The van der Waals surface area contributed by atoms with Crippen molar-refractivity contribution in [3.63, 3.8) is 0 Å². The van der Waals surface area contributed by atoms with Gasteiger partial charge in [-0.25, -0.2) is 4.98 Å². The number of aromatic nitrogens is 3. The van der Waals surface area contributed by atoms with E-state index in [0.29, 0.717) is 34.1 Å². The summed E-state index contributed by atoms with van der Waals surface area (Å²) in [6, 6.07) is 15.4. The van der Waals surface area contributed by atoms with Gasteiger partial charge in [0.25, 0.3) is 0 Å². The number of H-pyrrole nitrogens is 1. The van der Waals surface area contributed by atoms with Gasteiger partial charge in [0.05, 0.1) is 5.75 Å². The molecule has 0 radical (unpaired) electrons. The van der Waals surface area contributed by atoms with Gasteiger partial charge in [-0.2, -0.15) is 0 Å². The largest absolute Gasteiger partial charge is 0.486 e. The third kappa shape index (κ3) is 4.66. The normalized spacial score (nSPS) is 13.2. The Morgan fingerprint density at radius 3 is 2.79 bits per heavy atom. The van der Waals surface area contributed by atoms with Crippen LogP contribution in [0.25, 0.3) is 0 Å². The van der Waals surface area contributed by atoms with Gasteiger partial charge in [0.15, 0.2) is 5.82 Å². The lowest BCUT2D eigenvalue weighted by Crippen LogP contribution is -2.37. The van der Waals surface area contributed by atoms with E-state index in [1.54, 1.807) is 24.3 Å². The monoisotopic (exact) mass is 414 g/mol. The van der Waals surface area contributed by atoms with Crippen molar-refractivity contribution in [1.82, 2.24) is 20.1 Å². The predicted octanol–water partition coefficient (Wildman–Crippen LogP) is 3.71. The number of hydrogen-bond acceptors (Lipinski definition) is 5. The standard InChI is InChI=1S/C20H19ClN4O2S/c21-16-5-7-17(8-6-16)27-12-18-22-20(24-23-18)28-13-19(26)25-10-9-14-3-1-2-4-15(14)11-25/h1-8H,9-13H2,(H,22,23,24). The van der Waals surface area contributed by atoms with Crippen molar-refractivity contribution in [1.29, 1.82) is 0 Å². The summed E-state index contributed by atoms with van der Waals surface area (Å²) in [5, 5.41) is 8.20. The molecule has 0 bridgehead atoms. The van der Waals surface area contributed by atoms with Gasteiger partial charge in [0.1, 0.15) is 12.4 Å². The number of hydrogen-bond donors (Lipinski definition) is 1. The van der Waals surface area contributed by atoms with E-state index in [1.807, 2.05) is 17.0 Å². The van der Waals surface area contributed by atoms with Gasteiger partial charge in [0, 0.05) is 18.1 Å². The minimum atomic E-state index is 0.100. The number of rotatable bonds is 6. The maximum absolute atomic E-state index is 12.5. The summed E-state index contributed by atoms with van der Waals surface area (Å²) in [6.07, 6.45) is 0.902. The molecule has 4 rings (SSSR count). The molecule has 0 saturated carbocycles. The number of aromatic amines is 1. The van der Waals surface area contributed by atoms with Gasteiger partial charge in [0.2, 0.25) is 11.1 Å². The maximum Gasteiger partial charge on any atom is 0.233 e. The van der Waals surface area contributed by atoms with Crippen LogP contribution < -0.4 is 4.74 Å². The number of carbonyl (C=O) groups is 1. The van der Waals surface area contributed by atoms with E-state index in [2.05, 4.69) is 27.3 Å². The molecule has 1 aromatic heterocycles. The van der Waals surface area contributed by atoms with Crippen molar-refractivity contribution in [2.75, 3.05) is 12.3 Å². The number of benzene rings is 2. The molecule has 1 amide bonds. The average Bonchev–Trinajstić information content (AvgIpc) is 3.19. The zero-order chi connectivity index (χ0) is 19.3. The van der Waals surface area contributed by atoms with Gasteiger partial charge in [-0.1, -0.05) is 47.6 Å². The number of amides is 1. The molecule has 28 heavy (non-hydrogen) atoms. The first-order valence-corrected chi connectivity index (χ1v) is 10.3. The Labute approximate surface area is 172 Å². The summed E-state index contributed by atoms with van der Waals surface area (Å²) in [6.45, 7) is 1.69. The molecule has 2 aromatic carbocycles. The molecule has 0 aliphatic carbocycles. The number of thioether (sulfide) groups is 1. The van der Waals surface area contributed by atoms with Gasteiger partial charge in [-0.15, -0.1) is 5.10 Å². The Morgan fingerprint density at radius 2 is 1.96 bits per heavy atom. The predicted molar refractivity (Wildman–Crippen MR) is 108 cm³/mol. The van der Waals surface area contributed by atoms with Gasteiger partial charge < -0.3 is 9.64 Å². The third-order valence-corrected chi connectivity index (χ3v) is 5.59. The molecule has 8 heteroatoms. The highest BCUT2D eigenvalue weighted by Crippen LogP contribution is 2.21. The highest BCUT2D eigenvalue weighted by molar-refractivity contribution is 7.99. The Kier molecular flexibility index (Phi) is 5.83. The zero-order valence-electron chi connectivity index (χ0n) is 15.1. The second-order valence-corrected chi connectivity index (χ2v) is 7.81. The van der Waals surface area contributed by atoms with E-state index in [9.17, 15) is 4.79 Å². The molecule has 0 atom stereocenters. The molecular formula is C20H19ClN4O2S. The van der Waals surface area contributed by atoms with Crippen molar-refractivity contribution in [2.45, 2.75) is 24.7 Å². The lowest BCUT2D eigenvalue weighted by atomic mass is 10.00. The highest BCUT2D eigenvalue weighted by Gasteiger charge is 2.20. The Morgan fingerprint density at radius 1 is 1.18 bits per heavy atom. The molecular weight excluding hydrogens is 396 g/mol. The zero-order valence-corrected chi connectivity index (χ0v) is 16.7. The number of carbonyl (C=O) groups excluding carboxylic acids is 1. The minimum Gasteiger partial charge on any atom is -0.486 e. The van der Waals surface area contributed by atoms with E-state index >= 15 is 0 Å². The maximum atomic E-state index is 12.5. The smallest absolute Gasteiger partial charge is 0.233 e. The van der Waals surface area contributed by atoms with Crippen LogP contribution in [0.1, 0.15) is 17.0 Å². The van der Waals surface area contributed by atoms with Crippen LogP contribution in [0.2, 0.25) is 5.02 Å². The molecule has 0 saturated heterocycles. The lowest BCUT2D eigenvalue weighted by Gasteiger charge is -2.28. The van der Waals surface area contributed by atoms with Crippen molar-refractivity contribution < 1.29 is 9.53 Å². The first-order valence-electron chi connectivity index (χ1n) is 8.94. The third-order valence-electron chi connectivity index (χ3n) is 4.51. The van der Waals surface area contributed by atoms with Crippen LogP contribution in [-0.2, 0) is 24.4 Å². The van der Waals surface area contributed by atoms with Crippen LogP contribution in [0.5, 0.6) is 5.75 Å². The summed E-state index contributed by atoms with van der Waals surface area (Å²) >= 11 is 7.19. The average molecular weight is 415 g/mol. The minimum absolute atomic E-state index is 0.100. The number of fused-ring (bicyclic) bond motifs is 1. The van der Waals surface area contributed by atoms with Crippen LogP contribution in [-0.4, -0.2) is 38.3 Å². The van der Waals surface area contributed by atoms with Crippen molar-refractivity contribution >= 4 is 29.3 Å². The summed E-state index contributed by atoms with van der Waals surface area (Å²) in [4.78, 5) is 18.8. The summed E-state index contributed by atoms with van der Waals surface area (Å²) < 4.78 is 5.64. The summed E-state index contributed by atoms with van der Waals surface area (Å²) in [7, 11) is 0. The first-order chi connectivity index (χ1) is 13.7. The van der Waals surface area contributed by atoms with Crippen LogP contribution in [0.15, 0.2) is 53.7 Å². The molecule has 0 spiro atoms. The van der Waals surface area contributed by atoms with Crippen molar-refractivity contribution in [3.05, 3.63) is 70.5 Å². The van der Waals surface area contributed by atoms with Crippen LogP contribution in [0.3, 0.4) is 0 Å². The van der Waals surface area contributed by atoms with Gasteiger partial charge in [-0.3, -0.25) is 9.89 Å². The van der Waals surface area contributed by atoms with Crippen LogP contribution in [0.4, 0.5) is 0 Å². The van der Waals surface area contributed by atoms with Crippen LogP contribution >= 0.6 is 23.4 Å². The molecule has 1 aliphatic heterocycles. The highest BCUT2D eigenvalue weighted by atomic mass is 35.5. The number of nitrogens with one attached hydrogen (secondary N) is 1. The molecule has 144 valence electrons. The van der Waals surface area contributed by atoms with E-state index in [1.165, 1.54) is 22.9 Å². The number of ether oxygens (including phenoxy) is 1. The Bertz CT molecular complexity index is 961. The fourth-order valence-electron chi connectivity index (χ4n) is 3.02. The van der Waals surface area contributed by atoms with Crippen LogP contribution in [0, 0.1) is 0 Å². The topological polar surface area (TPSA) is 71.1 Å². The molecule has 1 N–H and O–H groups in total. The van der Waals surface area contributed by atoms with Crippen molar-refractivity contribution in [2.24, 2.45) is 0 Å². The quantitative estimate of drug-likeness (QED) is 0.622. The number of halogens is 1. The molecule has 3 aromatic rings. The Hall–Kier alpha value is -2.51. The Balaban J connectivity index is 1.26. The van der Waals surface area contributed by atoms with E-state index < -0.39 is 0 Å². The second kappa shape index (κ2) is 8.67. The fraction of sp³-hybridized carbons (Fsp3) is 0.250. The molecule has 0 fully saturated rings. The van der Waals surface area contributed by atoms with Crippen molar-refractivity contribution in [3.8, 4) is 5.75 Å². The van der Waals surface area contributed by atoms with E-state index in [-0.39, 0.29) is 12.5 Å². The SMILES string of the molecule is O=C(CSc1n[nH]c(COc2ccc(Cl)cc2)n1)N1CCc2ccccc2C1. The van der Waals surface area contributed by atoms with E-state index in [4.69, 9.17) is 16.3 Å². The van der Waals surface area contributed by atoms with E-state index in [0.717, 1.165) is 13.0 Å². The van der Waals surface area contributed by atoms with Gasteiger partial charge in [-0.05, 0) is 41.8 Å². The molecule has 6 nitrogen and oxygen atoms in total.